The highest BCUT2D eigenvalue weighted by Gasteiger charge is 2.26. The minimum absolute atomic E-state index is 0.0774. The normalized spacial score (nSPS) is 14.9. The molecule has 4 rings (SSSR count). The molecule has 0 radical (unpaired) electrons. The Morgan fingerprint density at radius 2 is 1.78 bits per heavy atom. The fourth-order valence-corrected chi connectivity index (χ4v) is 3.65. The van der Waals surface area contributed by atoms with Gasteiger partial charge in [0.25, 0.3) is 5.91 Å². The van der Waals surface area contributed by atoms with Crippen molar-refractivity contribution in [2.75, 3.05) is 20.2 Å². The fourth-order valence-electron chi connectivity index (χ4n) is 3.65. The third kappa shape index (κ3) is 3.58. The number of piperidine rings is 1. The van der Waals surface area contributed by atoms with Crippen LogP contribution in [0.3, 0.4) is 0 Å². The molecule has 5 nitrogen and oxygen atoms in total. The summed E-state index contributed by atoms with van der Waals surface area (Å²) in [5, 5.41) is 4.00. The van der Waals surface area contributed by atoms with E-state index >= 15 is 0 Å². The summed E-state index contributed by atoms with van der Waals surface area (Å²) in [6.45, 7) is 1.46. The van der Waals surface area contributed by atoms with Crippen molar-refractivity contribution in [2.45, 2.75) is 18.8 Å². The van der Waals surface area contributed by atoms with E-state index in [1.54, 1.807) is 13.2 Å². The van der Waals surface area contributed by atoms with Gasteiger partial charge in [-0.25, -0.2) is 0 Å². The lowest BCUT2D eigenvalue weighted by molar-refractivity contribution is 0.0702. The van der Waals surface area contributed by atoms with Crippen LogP contribution in [0.25, 0.3) is 11.3 Å². The lowest BCUT2D eigenvalue weighted by atomic mass is 9.89. The van der Waals surface area contributed by atoms with Gasteiger partial charge in [-0.2, -0.15) is 0 Å². The first-order valence-corrected chi connectivity index (χ1v) is 9.20. The van der Waals surface area contributed by atoms with Crippen LogP contribution in [0.15, 0.2) is 65.2 Å². The molecule has 138 valence electrons. The zero-order chi connectivity index (χ0) is 18.6. The topological polar surface area (TPSA) is 55.6 Å². The predicted molar refractivity (Wildman–Crippen MR) is 103 cm³/mol. The smallest absolute Gasteiger partial charge is 0.276 e. The van der Waals surface area contributed by atoms with Crippen LogP contribution < -0.4 is 4.74 Å². The highest BCUT2D eigenvalue weighted by molar-refractivity contribution is 5.93. The van der Waals surface area contributed by atoms with Crippen molar-refractivity contribution in [3.8, 4) is 17.1 Å². The Bertz CT molecular complexity index is 912. The average molecular weight is 362 g/mol. The fraction of sp³-hybridized carbons (Fsp3) is 0.273. The molecule has 1 aliphatic heterocycles. The molecule has 1 fully saturated rings. The van der Waals surface area contributed by atoms with E-state index in [1.807, 2.05) is 35.2 Å². The molecular weight excluding hydrogens is 340 g/mol. The summed E-state index contributed by atoms with van der Waals surface area (Å²) in [7, 11) is 1.61. The first-order chi connectivity index (χ1) is 13.3. The quantitative estimate of drug-likeness (QED) is 0.691. The maximum Gasteiger partial charge on any atom is 0.276 e. The highest BCUT2D eigenvalue weighted by atomic mass is 16.5. The molecule has 27 heavy (non-hydrogen) atoms. The summed E-state index contributed by atoms with van der Waals surface area (Å²) in [6.07, 6.45) is 1.93. The number of para-hydroxylation sites is 1. The van der Waals surface area contributed by atoms with Crippen molar-refractivity contribution in [1.82, 2.24) is 10.1 Å². The summed E-state index contributed by atoms with van der Waals surface area (Å²) in [5.41, 5.74) is 2.48. The summed E-state index contributed by atoms with van der Waals surface area (Å²) < 4.78 is 10.8. The van der Waals surface area contributed by atoms with E-state index in [4.69, 9.17) is 9.26 Å². The van der Waals surface area contributed by atoms with Gasteiger partial charge >= 0.3 is 0 Å². The number of carbonyl (C=O) groups is 1. The SMILES string of the molecule is COc1ccccc1-c1cc(C(=O)N2CCC(c3ccccc3)CC2)no1. The van der Waals surface area contributed by atoms with Crippen molar-refractivity contribution < 1.29 is 14.1 Å². The Morgan fingerprint density at radius 1 is 1.07 bits per heavy atom. The van der Waals surface area contributed by atoms with Gasteiger partial charge in [0.2, 0.25) is 0 Å². The molecule has 0 saturated carbocycles. The van der Waals surface area contributed by atoms with E-state index in [-0.39, 0.29) is 5.91 Å². The van der Waals surface area contributed by atoms with Crippen molar-refractivity contribution >= 4 is 5.91 Å². The number of aromatic nitrogens is 1. The van der Waals surface area contributed by atoms with Gasteiger partial charge in [-0.3, -0.25) is 4.79 Å². The second kappa shape index (κ2) is 7.66. The van der Waals surface area contributed by atoms with Crippen molar-refractivity contribution in [1.29, 1.82) is 0 Å². The number of hydrogen-bond donors (Lipinski definition) is 0. The molecule has 3 aromatic rings. The van der Waals surface area contributed by atoms with Gasteiger partial charge in [-0.1, -0.05) is 47.6 Å². The van der Waals surface area contributed by atoms with Crippen molar-refractivity contribution in [3.63, 3.8) is 0 Å². The molecule has 0 bridgehead atoms. The number of amides is 1. The van der Waals surface area contributed by atoms with Gasteiger partial charge in [0, 0.05) is 19.2 Å². The third-order valence-corrected chi connectivity index (χ3v) is 5.15. The van der Waals surface area contributed by atoms with Crippen LogP contribution in [-0.2, 0) is 0 Å². The van der Waals surface area contributed by atoms with Crippen LogP contribution in [0, 0.1) is 0 Å². The molecule has 0 atom stereocenters. The summed E-state index contributed by atoms with van der Waals surface area (Å²) >= 11 is 0. The predicted octanol–water partition coefficient (Wildman–Crippen LogP) is 4.37. The van der Waals surface area contributed by atoms with E-state index in [0.29, 0.717) is 23.1 Å². The lowest BCUT2D eigenvalue weighted by Gasteiger charge is -2.31. The Labute approximate surface area is 158 Å². The van der Waals surface area contributed by atoms with Gasteiger partial charge in [0.05, 0.1) is 12.7 Å². The molecule has 1 aromatic heterocycles. The molecule has 0 N–H and O–H groups in total. The summed E-state index contributed by atoms with van der Waals surface area (Å²) in [6, 6.07) is 19.7. The first kappa shape index (κ1) is 17.3. The number of likely N-dealkylation sites (tertiary alicyclic amines) is 1. The summed E-state index contributed by atoms with van der Waals surface area (Å²) in [4.78, 5) is 14.7. The van der Waals surface area contributed by atoms with E-state index in [0.717, 1.165) is 31.5 Å². The van der Waals surface area contributed by atoms with Crippen LogP contribution in [0.5, 0.6) is 5.75 Å². The average Bonchev–Trinajstić information content (AvgIpc) is 3.24. The Morgan fingerprint density at radius 3 is 2.52 bits per heavy atom. The lowest BCUT2D eigenvalue weighted by Crippen LogP contribution is -2.38. The van der Waals surface area contributed by atoms with Crippen LogP contribution in [-0.4, -0.2) is 36.2 Å². The number of nitrogens with zero attached hydrogens (tertiary/aromatic N) is 2. The molecule has 2 heterocycles. The van der Waals surface area contributed by atoms with Crippen LogP contribution in [0.4, 0.5) is 0 Å². The van der Waals surface area contributed by atoms with E-state index in [9.17, 15) is 4.79 Å². The molecule has 0 unspecified atom stereocenters. The minimum Gasteiger partial charge on any atom is -0.496 e. The highest BCUT2D eigenvalue weighted by Crippen LogP contribution is 2.31. The monoisotopic (exact) mass is 362 g/mol. The second-order valence-electron chi connectivity index (χ2n) is 6.75. The molecule has 0 aliphatic carbocycles. The van der Waals surface area contributed by atoms with E-state index in [1.165, 1.54) is 5.56 Å². The molecule has 0 spiro atoms. The number of ether oxygens (including phenoxy) is 1. The van der Waals surface area contributed by atoms with E-state index < -0.39 is 0 Å². The van der Waals surface area contributed by atoms with Gasteiger partial charge in [0.1, 0.15) is 5.75 Å². The molecule has 1 saturated heterocycles. The molecule has 1 amide bonds. The maximum atomic E-state index is 12.8. The molecule has 2 aromatic carbocycles. The number of rotatable bonds is 4. The van der Waals surface area contributed by atoms with Gasteiger partial charge in [-0.05, 0) is 36.5 Å². The zero-order valence-electron chi connectivity index (χ0n) is 15.3. The van der Waals surface area contributed by atoms with Crippen LogP contribution in [0.2, 0.25) is 0 Å². The molecular formula is C22H22N2O3. The number of hydrogen-bond acceptors (Lipinski definition) is 4. The van der Waals surface area contributed by atoms with Gasteiger partial charge in [-0.15, -0.1) is 0 Å². The maximum absolute atomic E-state index is 12.8. The number of carbonyl (C=O) groups excluding carboxylic acids is 1. The van der Waals surface area contributed by atoms with E-state index in [2.05, 4.69) is 29.4 Å². The second-order valence-corrected chi connectivity index (χ2v) is 6.75. The Kier molecular flexibility index (Phi) is 4.92. The third-order valence-electron chi connectivity index (χ3n) is 5.15. The zero-order valence-corrected chi connectivity index (χ0v) is 15.3. The van der Waals surface area contributed by atoms with Crippen molar-refractivity contribution in [2.24, 2.45) is 0 Å². The standard InChI is InChI=1S/C22H22N2O3/c1-26-20-10-6-5-9-18(20)21-15-19(23-27-21)22(25)24-13-11-17(12-14-24)16-7-3-2-4-8-16/h2-10,15,17H,11-14H2,1H3. The van der Waals surface area contributed by atoms with Crippen molar-refractivity contribution in [3.05, 3.63) is 71.9 Å². The molecule has 1 aliphatic rings. The van der Waals surface area contributed by atoms with Crippen LogP contribution >= 0.6 is 0 Å². The Balaban J connectivity index is 1.45. The first-order valence-electron chi connectivity index (χ1n) is 9.20. The molecule has 5 heteroatoms. The summed E-state index contributed by atoms with van der Waals surface area (Å²) in [5.74, 6) is 1.66. The Hall–Kier alpha value is -3.08. The van der Waals surface area contributed by atoms with Gasteiger partial charge < -0.3 is 14.2 Å². The number of benzene rings is 2. The number of methoxy groups -OCH3 is 1. The largest absolute Gasteiger partial charge is 0.496 e. The minimum atomic E-state index is -0.0774. The van der Waals surface area contributed by atoms with Gasteiger partial charge in [0.15, 0.2) is 11.5 Å². The van der Waals surface area contributed by atoms with Crippen LogP contribution in [0.1, 0.15) is 34.8 Å².